The van der Waals surface area contributed by atoms with E-state index in [1.807, 2.05) is 13.0 Å². The van der Waals surface area contributed by atoms with Gasteiger partial charge in [0.1, 0.15) is 16.5 Å². The Hall–Kier alpha value is -3.36. The van der Waals surface area contributed by atoms with Gasteiger partial charge in [-0.2, -0.15) is 0 Å². The Balaban J connectivity index is 1.53. The number of aryl methyl sites for hydroxylation is 1. The molecule has 4 rings (SSSR count). The third-order valence-electron chi connectivity index (χ3n) is 4.40. The number of nitrogens with one attached hydrogen (secondary N) is 2. The highest BCUT2D eigenvalue weighted by molar-refractivity contribution is 8.01. The summed E-state index contributed by atoms with van der Waals surface area (Å²) in [7, 11) is -1.73. The molecule has 150 valence electrons. The second-order valence-electron chi connectivity index (χ2n) is 6.42. The number of hydrogen-bond acceptors (Lipinski definition) is 5. The molecular formula is C21H15ClN4O3S. The van der Waals surface area contributed by atoms with Gasteiger partial charge in [-0.3, -0.25) is 19.9 Å². The summed E-state index contributed by atoms with van der Waals surface area (Å²) in [6, 6.07) is 14.9. The smallest absolute Gasteiger partial charge is 0.275 e. The lowest BCUT2D eigenvalue weighted by Crippen LogP contribution is -2.32. The fourth-order valence-electron chi connectivity index (χ4n) is 2.86. The number of rotatable bonds is 3. The average molecular weight is 439 g/mol. The molecule has 30 heavy (non-hydrogen) atoms. The van der Waals surface area contributed by atoms with Crippen LogP contribution in [0.1, 0.15) is 26.4 Å². The predicted molar refractivity (Wildman–Crippen MR) is 116 cm³/mol. The average Bonchev–Trinajstić information content (AvgIpc) is 3.06. The van der Waals surface area contributed by atoms with Gasteiger partial charge in [-0.1, -0.05) is 29.8 Å². The van der Waals surface area contributed by atoms with Crippen molar-refractivity contribution in [1.29, 1.82) is 0 Å². The standard InChI is InChI=1S/C21H15ClN4O3S/c1-12-5-4-6-14(22)18(12)25-19(27)13-8-9-15-17(11-13)30(29)21(24-15)26-20(28)16-7-2-3-10-23-16/h2-11H,1H3,(H,25,27)(H,24,26,28). The molecule has 1 aromatic heterocycles. The fraction of sp³-hybridized carbons (Fsp3) is 0.0476. The molecule has 3 aromatic rings. The highest BCUT2D eigenvalue weighted by Gasteiger charge is 2.27. The van der Waals surface area contributed by atoms with E-state index in [1.165, 1.54) is 12.3 Å². The van der Waals surface area contributed by atoms with Crippen LogP contribution in [0.2, 0.25) is 5.02 Å². The van der Waals surface area contributed by atoms with E-state index in [4.69, 9.17) is 11.6 Å². The number of para-hydroxylation sites is 1. The Bertz CT molecular complexity index is 1210. The highest BCUT2D eigenvalue weighted by Crippen LogP contribution is 2.31. The summed E-state index contributed by atoms with van der Waals surface area (Å²) in [5.41, 5.74) is 2.25. The van der Waals surface area contributed by atoms with Crippen molar-refractivity contribution >= 4 is 50.8 Å². The molecule has 0 aliphatic carbocycles. The molecular weight excluding hydrogens is 424 g/mol. The molecule has 1 atom stereocenters. The number of pyridine rings is 1. The van der Waals surface area contributed by atoms with Crippen LogP contribution in [0.4, 0.5) is 11.4 Å². The molecule has 0 fully saturated rings. The summed E-state index contributed by atoms with van der Waals surface area (Å²) in [6.07, 6.45) is 1.49. The Morgan fingerprint density at radius 3 is 2.57 bits per heavy atom. The minimum Gasteiger partial charge on any atom is -0.320 e. The first kappa shape index (κ1) is 19.9. The van der Waals surface area contributed by atoms with Crippen LogP contribution in [0.25, 0.3) is 0 Å². The van der Waals surface area contributed by atoms with Crippen molar-refractivity contribution in [3.63, 3.8) is 0 Å². The minimum atomic E-state index is -1.73. The molecule has 2 amide bonds. The van der Waals surface area contributed by atoms with Gasteiger partial charge in [0.15, 0.2) is 0 Å². The van der Waals surface area contributed by atoms with Crippen LogP contribution in [-0.2, 0) is 10.8 Å². The van der Waals surface area contributed by atoms with Crippen molar-refractivity contribution in [3.05, 3.63) is 82.6 Å². The number of carbonyl (C=O) groups is 2. The van der Waals surface area contributed by atoms with Gasteiger partial charge in [0.2, 0.25) is 5.17 Å². The second kappa shape index (κ2) is 8.17. The van der Waals surface area contributed by atoms with E-state index in [2.05, 4.69) is 20.6 Å². The van der Waals surface area contributed by atoms with E-state index < -0.39 is 22.6 Å². The number of nitrogens with zero attached hydrogens (tertiary/aromatic N) is 2. The van der Waals surface area contributed by atoms with E-state index in [0.29, 0.717) is 26.9 Å². The number of amides is 2. The molecule has 0 saturated heterocycles. The van der Waals surface area contributed by atoms with Gasteiger partial charge in [0, 0.05) is 11.8 Å². The molecule has 1 unspecified atom stereocenters. The fourth-order valence-corrected chi connectivity index (χ4v) is 4.24. The SMILES string of the molecule is Cc1cccc(Cl)c1NC(=O)c1ccc2c(c1)S(=O)C(NC(=O)c1ccccn1)=N2. The summed E-state index contributed by atoms with van der Waals surface area (Å²) in [5.74, 6) is -0.903. The number of aliphatic imine (C=N–C) groups is 1. The number of anilines is 1. The summed E-state index contributed by atoms with van der Waals surface area (Å²) in [4.78, 5) is 33.5. The van der Waals surface area contributed by atoms with Crippen molar-refractivity contribution in [3.8, 4) is 0 Å². The maximum absolute atomic E-state index is 12.8. The molecule has 0 saturated carbocycles. The Kier molecular flexibility index (Phi) is 5.43. The van der Waals surface area contributed by atoms with Gasteiger partial charge in [0.05, 0.1) is 21.3 Å². The van der Waals surface area contributed by atoms with Crippen LogP contribution in [0.15, 0.2) is 70.7 Å². The lowest BCUT2D eigenvalue weighted by Gasteiger charge is -2.10. The zero-order chi connectivity index (χ0) is 21.3. The molecule has 2 heterocycles. The monoisotopic (exact) mass is 438 g/mol. The first-order valence-corrected chi connectivity index (χ1v) is 10.4. The van der Waals surface area contributed by atoms with Gasteiger partial charge in [-0.05, 0) is 48.9 Å². The number of halogens is 1. The molecule has 0 radical (unpaired) electrons. The quantitative estimate of drug-likeness (QED) is 0.648. The third-order valence-corrected chi connectivity index (χ3v) is 5.98. The van der Waals surface area contributed by atoms with Crippen molar-refractivity contribution in [2.24, 2.45) is 4.99 Å². The van der Waals surface area contributed by atoms with Crippen molar-refractivity contribution < 1.29 is 13.8 Å². The van der Waals surface area contributed by atoms with Crippen LogP contribution in [0.5, 0.6) is 0 Å². The number of benzene rings is 2. The molecule has 9 heteroatoms. The normalized spacial score (nSPS) is 14.6. The summed E-state index contributed by atoms with van der Waals surface area (Å²) in [5, 5.41) is 5.73. The number of carbonyl (C=O) groups excluding carboxylic acids is 2. The van der Waals surface area contributed by atoms with E-state index in [1.54, 1.807) is 42.5 Å². The predicted octanol–water partition coefficient (Wildman–Crippen LogP) is 3.83. The van der Waals surface area contributed by atoms with Crippen molar-refractivity contribution in [2.75, 3.05) is 5.32 Å². The van der Waals surface area contributed by atoms with Gasteiger partial charge in [0.25, 0.3) is 11.8 Å². The highest BCUT2D eigenvalue weighted by atomic mass is 35.5. The van der Waals surface area contributed by atoms with Crippen LogP contribution in [0, 0.1) is 6.92 Å². The molecule has 2 aromatic carbocycles. The maximum atomic E-state index is 12.8. The summed E-state index contributed by atoms with van der Waals surface area (Å²) in [6.45, 7) is 1.84. The molecule has 1 aliphatic heterocycles. The Morgan fingerprint density at radius 2 is 1.83 bits per heavy atom. The van der Waals surface area contributed by atoms with Crippen LogP contribution in [-0.4, -0.2) is 26.2 Å². The van der Waals surface area contributed by atoms with Gasteiger partial charge < -0.3 is 5.32 Å². The van der Waals surface area contributed by atoms with Crippen LogP contribution in [0.3, 0.4) is 0 Å². The van der Waals surface area contributed by atoms with E-state index in [9.17, 15) is 13.8 Å². The summed E-state index contributed by atoms with van der Waals surface area (Å²) >= 11 is 6.17. The second-order valence-corrected chi connectivity index (χ2v) is 8.19. The third kappa shape index (κ3) is 3.87. The number of amidine groups is 1. The lowest BCUT2D eigenvalue weighted by molar-refractivity contribution is 0.0971. The Morgan fingerprint density at radius 1 is 1.00 bits per heavy atom. The largest absolute Gasteiger partial charge is 0.320 e. The van der Waals surface area contributed by atoms with Gasteiger partial charge >= 0.3 is 0 Å². The number of hydrogen-bond donors (Lipinski definition) is 2. The maximum Gasteiger partial charge on any atom is 0.275 e. The van der Waals surface area contributed by atoms with Crippen LogP contribution < -0.4 is 10.6 Å². The van der Waals surface area contributed by atoms with E-state index >= 15 is 0 Å². The zero-order valence-corrected chi connectivity index (χ0v) is 17.3. The van der Waals surface area contributed by atoms with Crippen LogP contribution >= 0.6 is 11.6 Å². The van der Waals surface area contributed by atoms with Crippen molar-refractivity contribution in [2.45, 2.75) is 11.8 Å². The molecule has 2 N–H and O–H groups in total. The first-order valence-electron chi connectivity index (χ1n) is 8.87. The minimum absolute atomic E-state index is 0.000148. The van der Waals surface area contributed by atoms with Gasteiger partial charge in [-0.15, -0.1) is 0 Å². The van der Waals surface area contributed by atoms with E-state index in [-0.39, 0.29) is 10.9 Å². The molecule has 1 aliphatic rings. The zero-order valence-electron chi connectivity index (χ0n) is 15.7. The van der Waals surface area contributed by atoms with Gasteiger partial charge in [-0.25, -0.2) is 9.20 Å². The molecule has 0 bridgehead atoms. The topological polar surface area (TPSA) is 101 Å². The number of fused-ring (bicyclic) bond motifs is 1. The Labute approximate surface area is 179 Å². The molecule has 7 nitrogen and oxygen atoms in total. The summed E-state index contributed by atoms with van der Waals surface area (Å²) < 4.78 is 12.8. The molecule has 0 spiro atoms. The first-order chi connectivity index (χ1) is 14.4. The van der Waals surface area contributed by atoms with E-state index in [0.717, 1.165) is 5.56 Å². The number of aromatic nitrogens is 1. The van der Waals surface area contributed by atoms with Crippen molar-refractivity contribution in [1.82, 2.24) is 10.3 Å². The lowest BCUT2D eigenvalue weighted by atomic mass is 10.1.